The Balaban J connectivity index is 2.03. The molecule has 2 amide bonds. The number of non-ortho nitro benzene ring substituents is 1. The van der Waals surface area contributed by atoms with Gasteiger partial charge in [0.05, 0.1) is 21.1 Å². The molecule has 27 heavy (non-hydrogen) atoms. The van der Waals surface area contributed by atoms with E-state index in [0.29, 0.717) is 27.5 Å². The van der Waals surface area contributed by atoms with Crippen molar-refractivity contribution in [1.82, 2.24) is 0 Å². The Bertz CT molecular complexity index is 933. The van der Waals surface area contributed by atoms with Gasteiger partial charge in [0.1, 0.15) is 0 Å². The molecule has 0 spiro atoms. The van der Waals surface area contributed by atoms with Crippen molar-refractivity contribution in [3.05, 3.63) is 74.7 Å². The predicted molar refractivity (Wildman–Crippen MR) is 106 cm³/mol. The van der Waals surface area contributed by atoms with Crippen molar-refractivity contribution in [3.63, 3.8) is 0 Å². The average molecular weight is 382 g/mol. The molecule has 6 nitrogen and oxygen atoms in total. The van der Waals surface area contributed by atoms with E-state index in [0.717, 1.165) is 12.0 Å². The van der Waals surface area contributed by atoms with E-state index in [-0.39, 0.29) is 11.6 Å². The number of carbonyl (C=O) groups excluding carboxylic acids is 2. The molecule has 2 aromatic carbocycles. The molecule has 0 bridgehead atoms. The van der Waals surface area contributed by atoms with Crippen LogP contribution in [-0.4, -0.2) is 22.5 Å². The zero-order valence-corrected chi connectivity index (χ0v) is 15.8. The number of rotatable bonds is 6. The first kappa shape index (κ1) is 18.8. The Morgan fingerprint density at radius 2 is 1.59 bits per heavy atom. The van der Waals surface area contributed by atoms with Crippen LogP contribution in [0.3, 0.4) is 0 Å². The van der Waals surface area contributed by atoms with Gasteiger partial charge in [0, 0.05) is 12.1 Å². The molecule has 7 heteroatoms. The molecule has 0 aliphatic carbocycles. The third kappa shape index (κ3) is 3.50. The first-order valence-corrected chi connectivity index (χ1v) is 9.56. The number of benzene rings is 2. The lowest BCUT2D eigenvalue weighted by Gasteiger charge is -2.15. The van der Waals surface area contributed by atoms with Gasteiger partial charge in [-0.1, -0.05) is 26.0 Å². The molecule has 2 aromatic rings. The highest BCUT2D eigenvalue weighted by Crippen LogP contribution is 2.38. The standard InChI is InChI=1S/C20H18N2O4S/c1-3-13-5-9-15(10-6-13)21-19(23)17(18(20(21)24)27-4-2)14-7-11-16(12-8-14)22(25)26/h5-12H,3-4H2,1-2H3. The number of carbonyl (C=O) groups is 2. The number of amides is 2. The van der Waals surface area contributed by atoms with Crippen molar-refractivity contribution in [1.29, 1.82) is 0 Å². The van der Waals surface area contributed by atoms with Crippen molar-refractivity contribution in [2.75, 3.05) is 10.7 Å². The maximum absolute atomic E-state index is 13.1. The Kier molecular flexibility index (Phi) is 5.41. The zero-order valence-electron chi connectivity index (χ0n) is 15.0. The number of imide groups is 1. The Morgan fingerprint density at radius 1 is 0.963 bits per heavy atom. The van der Waals surface area contributed by atoms with Crippen LogP contribution in [0.15, 0.2) is 53.4 Å². The molecule has 0 saturated heterocycles. The second-order valence-electron chi connectivity index (χ2n) is 5.91. The summed E-state index contributed by atoms with van der Waals surface area (Å²) in [5.74, 6) is -0.133. The van der Waals surface area contributed by atoms with E-state index in [4.69, 9.17) is 0 Å². The van der Waals surface area contributed by atoms with Crippen molar-refractivity contribution in [3.8, 4) is 0 Å². The number of hydrogen-bond acceptors (Lipinski definition) is 5. The summed E-state index contributed by atoms with van der Waals surface area (Å²) in [6, 6.07) is 13.0. The van der Waals surface area contributed by atoms with E-state index in [9.17, 15) is 19.7 Å². The van der Waals surface area contributed by atoms with Gasteiger partial charge in [-0.2, -0.15) is 0 Å². The first-order valence-electron chi connectivity index (χ1n) is 8.57. The minimum absolute atomic E-state index is 0.0622. The molecule has 0 fully saturated rings. The monoisotopic (exact) mass is 382 g/mol. The van der Waals surface area contributed by atoms with E-state index in [1.807, 2.05) is 26.0 Å². The molecule has 1 aliphatic heterocycles. The van der Waals surface area contributed by atoms with Crippen LogP contribution in [0.1, 0.15) is 25.0 Å². The third-order valence-corrected chi connectivity index (χ3v) is 5.26. The molecule has 0 radical (unpaired) electrons. The van der Waals surface area contributed by atoms with Gasteiger partial charge >= 0.3 is 0 Å². The quantitative estimate of drug-likeness (QED) is 0.425. The number of anilines is 1. The molecule has 3 rings (SSSR count). The Hall–Kier alpha value is -2.93. The number of nitro benzene ring substituents is 1. The number of nitrogens with zero attached hydrogens (tertiary/aromatic N) is 2. The zero-order chi connectivity index (χ0) is 19.6. The van der Waals surface area contributed by atoms with Gasteiger partial charge in [0.15, 0.2) is 0 Å². The first-order chi connectivity index (χ1) is 13.0. The minimum atomic E-state index is -0.497. The summed E-state index contributed by atoms with van der Waals surface area (Å²) < 4.78 is 0. The van der Waals surface area contributed by atoms with Crippen LogP contribution in [0.5, 0.6) is 0 Å². The fraction of sp³-hybridized carbons (Fsp3) is 0.200. The van der Waals surface area contributed by atoms with Gasteiger partial charge in [-0.05, 0) is 47.6 Å². The third-order valence-electron chi connectivity index (χ3n) is 4.30. The molecule has 0 saturated carbocycles. The molecule has 0 unspecified atom stereocenters. The van der Waals surface area contributed by atoms with Crippen molar-refractivity contribution in [2.24, 2.45) is 0 Å². The molecule has 138 valence electrons. The number of aryl methyl sites for hydroxylation is 1. The number of hydrogen-bond donors (Lipinski definition) is 0. The summed E-state index contributed by atoms with van der Waals surface area (Å²) in [6.07, 6.45) is 0.866. The van der Waals surface area contributed by atoms with Crippen LogP contribution >= 0.6 is 11.8 Å². The highest BCUT2D eigenvalue weighted by molar-refractivity contribution is 8.04. The van der Waals surface area contributed by atoms with Crippen LogP contribution in [0.25, 0.3) is 5.57 Å². The summed E-state index contributed by atoms with van der Waals surface area (Å²) in [7, 11) is 0. The topological polar surface area (TPSA) is 80.5 Å². The summed E-state index contributed by atoms with van der Waals surface area (Å²) in [4.78, 5) is 37.9. The Morgan fingerprint density at radius 3 is 2.11 bits per heavy atom. The second-order valence-corrected chi connectivity index (χ2v) is 7.18. The lowest BCUT2D eigenvalue weighted by molar-refractivity contribution is -0.384. The minimum Gasteiger partial charge on any atom is -0.268 e. The highest BCUT2D eigenvalue weighted by atomic mass is 32.2. The van der Waals surface area contributed by atoms with Crippen LogP contribution in [-0.2, 0) is 16.0 Å². The van der Waals surface area contributed by atoms with Crippen LogP contribution in [0, 0.1) is 10.1 Å². The summed E-state index contributed by atoms with van der Waals surface area (Å²) in [5, 5.41) is 10.9. The smallest absolute Gasteiger partial charge is 0.268 e. The van der Waals surface area contributed by atoms with Gasteiger partial charge in [0.2, 0.25) is 0 Å². The molecular formula is C20H18N2O4S. The second kappa shape index (κ2) is 7.75. The molecule has 0 aromatic heterocycles. The number of nitro groups is 1. The predicted octanol–water partition coefficient (Wildman–Crippen LogP) is 4.19. The van der Waals surface area contributed by atoms with Crippen molar-refractivity contribution >= 4 is 40.5 Å². The van der Waals surface area contributed by atoms with E-state index in [2.05, 4.69) is 0 Å². The van der Waals surface area contributed by atoms with Gasteiger partial charge in [-0.15, -0.1) is 11.8 Å². The number of thioether (sulfide) groups is 1. The molecular weight excluding hydrogens is 364 g/mol. The van der Waals surface area contributed by atoms with E-state index in [1.54, 1.807) is 12.1 Å². The molecule has 0 atom stereocenters. The van der Waals surface area contributed by atoms with Gasteiger partial charge in [-0.3, -0.25) is 19.7 Å². The lowest BCUT2D eigenvalue weighted by Crippen LogP contribution is -2.31. The van der Waals surface area contributed by atoms with E-state index >= 15 is 0 Å². The summed E-state index contributed by atoms with van der Waals surface area (Å²) in [5.41, 5.74) is 2.37. The Labute approximate surface area is 161 Å². The summed E-state index contributed by atoms with van der Waals surface area (Å²) in [6.45, 7) is 3.94. The lowest BCUT2D eigenvalue weighted by atomic mass is 10.1. The van der Waals surface area contributed by atoms with Gasteiger partial charge in [-0.25, -0.2) is 4.90 Å². The SMILES string of the molecule is CCSC1=C(c2ccc([N+](=O)[O-])cc2)C(=O)N(c2ccc(CC)cc2)C1=O. The largest absolute Gasteiger partial charge is 0.272 e. The molecule has 1 heterocycles. The average Bonchev–Trinajstić information content (AvgIpc) is 2.92. The van der Waals surface area contributed by atoms with Crippen LogP contribution < -0.4 is 4.90 Å². The maximum Gasteiger partial charge on any atom is 0.272 e. The van der Waals surface area contributed by atoms with Gasteiger partial charge in [0.25, 0.3) is 17.5 Å². The summed E-state index contributed by atoms with van der Waals surface area (Å²) >= 11 is 1.30. The molecule has 1 aliphatic rings. The van der Waals surface area contributed by atoms with Crippen LogP contribution in [0.2, 0.25) is 0 Å². The molecule has 0 N–H and O–H groups in total. The van der Waals surface area contributed by atoms with E-state index in [1.165, 1.54) is 40.9 Å². The van der Waals surface area contributed by atoms with Crippen molar-refractivity contribution < 1.29 is 14.5 Å². The normalized spacial score (nSPS) is 14.2. The fourth-order valence-electron chi connectivity index (χ4n) is 2.91. The van der Waals surface area contributed by atoms with Crippen molar-refractivity contribution in [2.45, 2.75) is 20.3 Å². The van der Waals surface area contributed by atoms with Gasteiger partial charge < -0.3 is 0 Å². The maximum atomic E-state index is 13.1. The highest BCUT2D eigenvalue weighted by Gasteiger charge is 2.40. The van der Waals surface area contributed by atoms with E-state index < -0.39 is 10.8 Å². The fourth-order valence-corrected chi connectivity index (χ4v) is 3.76. The van der Waals surface area contributed by atoms with Crippen LogP contribution in [0.4, 0.5) is 11.4 Å².